The van der Waals surface area contributed by atoms with Gasteiger partial charge in [-0.25, -0.2) is 8.42 Å². The number of sulfonamides is 1. The molecule has 0 radical (unpaired) electrons. The summed E-state index contributed by atoms with van der Waals surface area (Å²) in [5.41, 5.74) is 2.47. The lowest BCUT2D eigenvalue weighted by molar-refractivity contribution is 0.102. The molecule has 2 aromatic rings. The van der Waals surface area contributed by atoms with Crippen molar-refractivity contribution in [1.29, 1.82) is 0 Å². The number of benzene rings is 2. The molecule has 3 rings (SSSR count). The first-order valence-electron chi connectivity index (χ1n) is 7.98. The van der Waals surface area contributed by atoms with Gasteiger partial charge in [0.15, 0.2) is 0 Å². The number of nitrogens with one attached hydrogen (secondary N) is 1. The Kier molecular flexibility index (Phi) is 4.86. The van der Waals surface area contributed by atoms with E-state index in [1.54, 1.807) is 36.4 Å². The van der Waals surface area contributed by atoms with Gasteiger partial charge in [0.1, 0.15) is 5.75 Å². The molecular formula is C18H19ClN2O4S. The number of fused-ring (bicyclic) bond motifs is 1. The fourth-order valence-corrected chi connectivity index (χ4v) is 4.72. The molecule has 0 fully saturated rings. The smallest absolute Gasteiger partial charge is 0.255 e. The molecule has 1 atom stereocenters. The van der Waals surface area contributed by atoms with Gasteiger partial charge in [-0.15, -0.1) is 0 Å². The third kappa shape index (κ3) is 3.50. The van der Waals surface area contributed by atoms with Crippen molar-refractivity contribution in [2.24, 2.45) is 0 Å². The summed E-state index contributed by atoms with van der Waals surface area (Å²) in [5.74, 6) is 0.233. The summed E-state index contributed by atoms with van der Waals surface area (Å²) in [6.45, 7) is 1.85. The van der Waals surface area contributed by atoms with Crippen LogP contribution in [0.5, 0.6) is 5.75 Å². The van der Waals surface area contributed by atoms with Crippen LogP contribution in [0.15, 0.2) is 36.4 Å². The minimum Gasteiger partial charge on any atom is -0.495 e. The third-order valence-corrected chi connectivity index (χ3v) is 5.83. The second-order valence-corrected chi connectivity index (χ2v) is 8.53. The number of hydrogen-bond acceptors (Lipinski definition) is 4. The van der Waals surface area contributed by atoms with E-state index in [4.69, 9.17) is 16.3 Å². The lowest BCUT2D eigenvalue weighted by Crippen LogP contribution is -2.34. The van der Waals surface area contributed by atoms with Crippen molar-refractivity contribution in [3.05, 3.63) is 52.5 Å². The zero-order valence-corrected chi connectivity index (χ0v) is 16.2. The van der Waals surface area contributed by atoms with E-state index in [1.165, 1.54) is 17.7 Å². The minimum atomic E-state index is -3.35. The summed E-state index contributed by atoms with van der Waals surface area (Å²) in [6, 6.07) is 9.84. The Labute approximate surface area is 157 Å². The fourth-order valence-electron chi connectivity index (χ4n) is 3.20. The van der Waals surface area contributed by atoms with E-state index in [-0.39, 0.29) is 11.9 Å². The van der Waals surface area contributed by atoms with E-state index >= 15 is 0 Å². The van der Waals surface area contributed by atoms with Crippen molar-refractivity contribution in [2.75, 3.05) is 23.0 Å². The maximum absolute atomic E-state index is 12.5. The van der Waals surface area contributed by atoms with Gasteiger partial charge >= 0.3 is 0 Å². The maximum atomic E-state index is 12.5. The van der Waals surface area contributed by atoms with Crippen LogP contribution < -0.4 is 14.4 Å². The SMILES string of the molecule is COc1ccc(NC(=O)c2ccc3c(c2)C[C@@H](C)N3S(C)(=O)=O)cc1Cl. The molecular weight excluding hydrogens is 376 g/mol. The second kappa shape index (κ2) is 6.81. The van der Waals surface area contributed by atoms with Gasteiger partial charge < -0.3 is 10.1 Å². The van der Waals surface area contributed by atoms with Crippen molar-refractivity contribution in [1.82, 2.24) is 0 Å². The van der Waals surface area contributed by atoms with Gasteiger partial charge in [0, 0.05) is 17.3 Å². The Balaban J connectivity index is 1.84. The highest BCUT2D eigenvalue weighted by Crippen LogP contribution is 2.35. The number of anilines is 2. The molecule has 0 aromatic heterocycles. The standard InChI is InChI=1S/C18H19ClN2O4S/c1-11-8-13-9-12(4-6-16(13)21(11)26(3,23)24)18(22)20-14-5-7-17(25-2)15(19)10-14/h4-7,9-11H,8H2,1-3H3,(H,20,22)/t11-/m1/s1. The zero-order chi connectivity index (χ0) is 19.1. The summed E-state index contributed by atoms with van der Waals surface area (Å²) in [6.07, 6.45) is 1.75. The highest BCUT2D eigenvalue weighted by molar-refractivity contribution is 7.92. The molecule has 1 N–H and O–H groups in total. The van der Waals surface area contributed by atoms with E-state index in [0.29, 0.717) is 34.1 Å². The van der Waals surface area contributed by atoms with E-state index in [1.807, 2.05) is 6.92 Å². The van der Waals surface area contributed by atoms with Gasteiger partial charge in [0.05, 0.1) is 24.1 Å². The van der Waals surface area contributed by atoms with Crippen LogP contribution in [0.1, 0.15) is 22.8 Å². The van der Waals surface area contributed by atoms with Crippen LogP contribution in [-0.4, -0.2) is 33.7 Å². The van der Waals surface area contributed by atoms with E-state index in [9.17, 15) is 13.2 Å². The Morgan fingerprint density at radius 2 is 2.00 bits per heavy atom. The molecule has 6 nitrogen and oxygen atoms in total. The minimum absolute atomic E-state index is 0.168. The lowest BCUT2D eigenvalue weighted by Gasteiger charge is -2.21. The van der Waals surface area contributed by atoms with E-state index < -0.39 is 10.0 Å². The fraction of sp³-hybridized carbons (Fsp3) is 0.278. The molecule has 2 aromatic carbocycles. The summed E-state index contributed by atoms with van der Waals surface area (Å²) in [4.78, 5) is 12.5. The molecule has 0 saturated heterocycles. The monoisotopic (exact) mass is 394 g/mol. The summed E-state index contributed by atoms with van der Waals surface area (Å²) in [5, 5.41) is 3.18. The van der Waals surface area contributed by atoms with Crippen LogP contribution in [0, 0.1) is 0 Å². The number of amides is 1. The van der Waals surface area contributed by atoms with E-state index in [2.05, 4.69) is 5.32 Å². The van der Waals surface area contributed by atoms with Crippen molar-refractivity contribution < 1.29 is 17.9 Å². The topological polar surface area (TPSA) is 75.7 Å². The predicted molar refractivity (Wildman–Crippen MR) is 103 cm³/mol. The van der Waals surface area contributed by atoms with Crippen LogP contribution >= 0.6 is 11.6 Å². The van der Waals surface area contributed by atoms with Gasteiger partial charge in [-0.1, -0.05) is 11.6 Å². The zero-order valence-electron chi connectivity index (χ0n) is 14.6. The molecule has 0 saturated carbocycles. The molecule has 1 heterocycles. The number of hydrogen-bond donors (Lipinski definition) is 1. The van der Waals surface area contributed by atoms with Crippen LogP contribution in [-0.2, 0) is 16.4 Å². The number of carbonyl (C=O) groups excluding carboxylic acids is 1. The number of nitrogens with zero attached hydrogens (tertiary/aromatic N) is 1. The Bertz CT molecular complexity index is 975. The highest BCUT2D eigenvalue weighted by atomic mass is 35.5. The first kappa shape index (κ1) is 18.5. The Hall–Kier alpha value is -2.25. The summed E-state index contributed by atoms with van der Waals surface area (Å²) >= 11 is 6.07. The Morgan fingerprint density at radius 1 is 1.27 bits per heavy atom. The average molecular weight is 395 g/mol. The summed E-state index contributed by atoms with van der Waals surface area (Å²) < 4.78 is 30.4. The first-order valence-corrected chi connectivity index (χ1v) is 10.2. The van der Waals surface area contributed by atoms with Crippen molar-refractivity contribution >= 4 is 38.9 Å². The second-order valence-electron chi connectivity index (χ2n) is 6.26. The molecule has 1 aliphatic rings. The first-order chi connectivity index (χ1) is 12.2. The molecule has 0 unspecified atom stereocenters. The van der Waals surface area contributed by atoms with Crippen molar-refractivity contribution in [2.45, 2.75) is 19.4 Å². The lowest BCUT2D eigenvalue weighted by atomic mass is 10.1. The van der Waals surface area contributed by atoms with Crippen molar-refractivity contribution in [3.63, 3.8) is 0 Å². The highest BCUT2D eigenvalue weighted by Gasteiger charge is 2.32. The molecule has 1 aliphatic heterocycles. The number of halogens is 1. The third-order valence-electron chi connectivity index (χ3n) is 4.26. The van der Waals surface area contributed by atoms with Crippen LogP contribution in [0.2, 0.25) is 5.02 Å². The number of ether oxygens (including phenoxy) is 1. The van der Waals surface area contributed by atoms with Crippen LogP contribution in [0.4, 0.5) is 11.4 Å². The quantitative estimate of drug-likeness (QED) is 0.863. The molecule has 26 heavy (non-hydrogen) atoms. The normalized spacial score (nSPS) is 16.3. The van der Waals surface area contributed by atoms with Crippen molar-refractivity contribution in [3.8, 4) is 5.75 Å². The molecule has 8 heteroatoms. The van der Waals surface area contributed by atoms with Crippen LogP contribution in [0.3, 0.4) is 0 Å². The summed E-state index contributed by atoms with van der Waals surface area (Å²) in [7, 11) is -1.83. The Morgan fingerprint density at radius 3 is 2.62 bits per heavy atom. The molecule has 138 valence electrons. The van der Waals surface area contributed by atoms with Gasteiger partial charge in [-0.2, -0.15) is 0 Å². The van der Waals surface area contributed by atoms with Gasteiger partial charge in [0.2, 0.25) is 10.0 Å². The molecule has 1 amide bonds. The van der Waals surface area contributed by atoms with Gasteiger partial charge in [0.25, 0.3) is 5.91 Å². The average Bonchev–Trinajstić information content (AvgIpc) is 2.89. The van der Waals surface area contributed by atoms with Crippen LogP contribution in [0.25, 0.3) is 0 Å². The molecule has 0 spiro atoms. The predicted octanol–water partition coefficient (Wildman–Crippen LogP) is 3.31. The van der Waals surface area contributed by atoms with Gasteiger partial charge in [-0.3, -0.25) is 9.10 Å². The molecule has 0 bridgehead atoms. The number of carbonyl (C=O) groups is 1. The number of rotatable bonds is 4. The largest absolute Gasteiger partial charge is 0.495 e. The number of methoxy groups -OCH3 is 1. The maximum Gasteiger partial charge on any atom is 0.255 e. The van der Waals surface area contributed by atoms with E-state index in [0.717, 1.165) is 5.56 Å². The van der Waals surface area contributed by atoms with Gasteiger partial charge in [-0.05, 0) is 55.3 Å². The molecule has 0 aliphatic carbocycles.